The molecule has 2 aromatic rings. The van der Waals surface area contributed by atoms with Crippen molar-refractivity contribution in [2.45, 2.75) is 31.5 Å². The van der Waals surface area contributed by atoms with Gasteiger partial charge in [-0.2, -0.15) is 9.83 Å². The van der Waals surface area contributed by atoms with Gasteiger partial charge in [0.05, 0.1) is 12.0 Å². The van der Waals surface area contributed by atoms with E-state index in [9.17, 15) is 10.4 Å². The van der Waals surface area contributed by atoms with Crippen LogP contribution in [0.5, 0.6) is 0 Å². The van der Waals surface area contributed by atoms with Crippen molar-refractivity contribution in [1.29, 1.82) is 5.26 Å². The van der Waals surface area contributed by atoms with E-state index in [1.54, 1.807) is 19.3 Å². The van der Waals surface area contributed by atoms with Crippen molar-refractivity contribution in [1.82, 2.24) is 10.3 Å². The summed E-state index contributed by atoms with van der Waals surface area (Å²) in [4.78, 5) is 4.05. The summed E-state index contributed by atoms with van der Waals surface area (Å²) >= 11 is 5.33. The summed E-state index contributed by atoms with van der Waals surface area (Å²) in [7, 11) is 0. The summed E-state index contributed by atoms with van der Waals surface area (Å²) in [5.41, 5.74) is 1.10. The fraction of sp³-hybridized carbons (Fsp3) is 0.278. The smallest absolute Gasteiger partial charge is 0.216 e. The third-order valence-corrected chi connectivity index (χ3v) is 4.61. The molecule has 122 valence electrons. The summed E-state index contributed by atoms with van der Waals surface area (Å²) in [5, 5.41) is 23.9. The Bertz CT molecular complexity index is 826. The first-order valence-corrected chi connectivity index (χ1v) is 8.04. The van der Waals surface area contributed by atoms with Gasteiger partial charge in [0.15, 0.2) is 18.1 Å². The zero-order chi connectivity index (χ0) is 17.3. The van der Waals surface area contributed by atoms with Gasteiger partial charge in [-0.1, -0.05) is 5.03 Å². The fourth-order valence-corrected chi connectivity index (χ4v) is 3.66. The quantitative estimate of drug-likeness (QED) is 0.643. The van der Waals surface area contributed by atoms with E-state index in [0.29, 0.717) is 5.57 Å². The zero-order valence-corrected chi connectivity index (χ0v) is 14.3. The highest BCUT2D eigenvalue weighted by atomic mass is 32.1. The van der Waals surface area contributed by atoms with Gasteiger partial charge in [-0.15, -0.1) is 0 Å². The molecule has 0 saturated carbocycles. The van der Waals surface area contributed by atoms with Gasteiger partial charge in [0.25, 0.3) is 0 Å². The SMILES string of the molecule is Cc1ccc[n+](C2C(c3ccncc3)C(C#N)=C([S-])NC2(C)O)c1. The molecule has 0 amide bonds. The largest absolute Gasteiger partial charge is 0.762 e. The molecule has 3 heterocycles. The van der Waals surface area contributed by atoms with Gasteiger partial charge in [0.1, 0.15) is 0 Å². The molecular weight excluding hydrogens is 320 g/mol. The minimum absolute atomic E-state index is 0.286. The van der Waals surface area contributed by atoms with Crippen molar-refractivity contribution in [3.8, 4) is 6.07 Å². The van der Waals surface area contributed by atoms with Crippen LogP contribution in [0.3, 0.4) is 0 Å². The van der Waals surface area contributed by atoms with Gasteiger partial charge in [-0.3, -0.25) is 4.98 Å². The average Bonchev–Trinajstić information content (AvgIpc) is 2.54. The molecule has 2 N–H and O–H groups in total. The number of hydrogen-bond donors (Lipinski definition) is 2. The molecule has 3 unspecified atom stereocenters. The summed E-state index contributed by atoms with van der Waals surface area (Å²) in [5.74, 6) is -0.367. The highest BCUT2D eigenvalue weighted by Gasteiger charge is 2.50. The normalized spacial score (nSPS) is 26.6. The minimum Gasteiger partial charge on any atom is -0.762 e. The Morgan fingerprint density at radius 1 is 1.38 bits per heavy atom. The number of aromatic nitrogens is 2. The molecule has 0 spiro atoms. The van der Waals surface area contributed by atoms with Crippen molar-refractivity contribution < 1.29 is 9.67 Å². The number of hydrogen-bond acceptors (Lipinski definition) is 5. The van der Waals surface area contributed by atoms with Crippen LogP contribution < -0.4 is 9.88 Å². The van der Waals surface area contributed by atoms with Gasteiger partial charge in [0.2, 0.25) is 6.04 Å². The second kappa shape index (κ2) is 6.19. The lowest BCUT2D eigenvalue weighted by Gasteiger charge is -2.43. The second-order valence-electron chi connectivity index (χ2n) is 6.16. The molecule has 2 aromatic heterocycles. The molecule has 1 aliphatic rings. The van der Waals surface area contributed by atoms with Crippen LogP contribution in [-0.4, -0.2) is 15.8 Å². The van der Waals surface area contributed by atoms with E-state index in [4.69, 9.17) is 12.6 Å². The van der Waals surface area contributed by atoms with E-state index in [1.165, 1.54) is 0 Å². The standard InChI is InChI=1S/C18H18N4OS/c1-12-4-3-9-22(11-12)16-15(13-5-7-20-8-6-13)14(10-19)17(24)21-18(16,2)23/h3-9,11,15-16,21,23H,1-2H3. The maximum atomic E-state index is 11.0. The van der Waals surface area contributed by atoms with Gasteiger partial charge in [0, 0.05) is 29.6 Å². The summed E-state index contributed by atoms with van der Waals surface area (Å²) in [6, 6.07) is 9.42. The first-order valence-electron chi connectivity index (χ1n) is 7.63. The van der Waals surface area contributed by atoms with Gasteiger partial charge >= 0.3 is 0 Å². The van der Waals surface area contributed by atoms with Gasteiger partial charge in [-0.25, -0.2) is 0 Å². The van der Waals surface area contributed by atoms with E-state index < -0.39 is 11.8 Å². The van der Waals surface area contributed by atoms with E-state index in [-0.39, 0.29) is 10.9 Å². The first-order chi connectivity index (χ1) is 11.4. The van der Waals surface area contributed by atoms with Crippen molar-refractivity contribution in [3.05, 3.63) is 70.8 Å². The summed E-state index contributed by atoms with van der Waals surface area (Å²) < 4.78 is 1.94. The number of pyridine rings is 2. The molecule has 0 fully saturated rings. The lowest BCUT2D eigenvalue weighted by molar-refractivity contribution is -0.741. The number of nitriles is 1. The minimum atomic E-state index is -1.30. The van der Waals surface area contributed by atoms with E-state index >= 15 is 0 Å². The van der Waals surface area contributed by atoms with Crippen LogP contribution in [-0.2, 0) is 12.6 Å². The van der Waals surface area contributed by atoms with Gasteiger partial charge < -0.3 is 23.1 Å². The maximum Gasteiger partial charge on any atom is 0.216 e. The number of allylic oxidation sites excluding steroid dienone is 1. The number of rotatable bonds is 2. The molecular formula is C18H18N4OS. The highest BCUT2D eigenvalue weighted by Crippen LogP contribution is 2.41. The number of aliphatic hydroxyl groups is 1. The number of aryl methyl sites for hydroxylation is 1. The Hall–Kier alpha value is -2.49. The van der Waals surface area contributed by atoms with Crippen LogP contribution in [0.2, 0.25) is 0 Å². The maximum absolute atomic E-state index is 11.0. The van der Waals surface area contributed by atoms with Crippen molar-refractivity contribution >= 4 is 12.6 Å². The lowest BCUT2D eigenvalue weighted by atomic mass is 9.78. The summed E-state index contributed by atoms with van der Waals surface area (Å²) in [6.07, 6.45) is 7.22. The Kier molecular flexibility index (Phi) is 4.22. The van der Waals surface area contributed by atoms with Crippen LogP contribution in [0.25, 0.3) is 0 Å². The summed E-state index contributed by atoms with van der Waals surface area (Å²) in [6.45, 7) is 3.67. The second-order valence-corrected chi connectivity index (χ2v) is 6.57. The van der Waals surface area contributed by atoms with Crippen LogP contribution in [0.15, 0.2) is 59.7 Å². The van der Waals surface area contributed by atoms with Gasteiger partial charge in [-0.05, 0) is 37.6 Å². The fourth-order valence-electron chi connectivity index (χ4n) is 3.29. The number of nitrogens with one attached hydrogen (secondary N) is 1. The lowest BCUT2D eigenvalue weighted by Crippen LogP contribution is -2.63. The van der Waals surface area contributed by atoms with E-state index in [1.807, 2.05) is 48.1 Å². The first kappa shape index (κ1) is 16.4. The average molecular weight is 338 g/mol. The van der Waals surface area contributed by atoms with E-state index in [0.717, 1.165) is 11.1 Å². The predicted molar refractivity (Wildman–Crippen MR) is 91.2 cm³/mol. The Morgan fingerprint density at radius 3 is 2.71 bits per heavy atom. The molecule has 0 radical (unpaired) electrons. The van der Waals surface area contributed by atoms with Crippen LogP contribution >= 0.6 is 0 Å². The van der Waals surface area contributed by atoms with Crippen LogP contribution in [0.1, 0.15) is 30.0 Å². The third kappa shape index (κ3) is 2.84. The molecule has 0 bridgehead atoms. The molecule has 3 rings (SSSR count). The van der Waals surface area contributed by atoms with Crippen molar-refractivity contribution in [2.75, 3.05) is 0 Å². The molecule has 6 heteroatoms. The molecule has 5 nitrogen and oxygen atoms in total. The molecule has 3 atom stereocenters. The molecule has 0 aliphatic carbocycles. The Balaban J connectivity index is 2.24. The topological polar surface area (TPSA) is 72.8 Å². The van der Waals surface area contributed by atoms with Crippen LogP contribution in [0, 0.1) is 18.3 Å². The monoisotopic (exact) mass is 338 g/mol. The van der Waals surface area contributed by atoms with Crippen LogP contribution in [0.4, 0.5) is 0 Å². The highest BCUT2D eigenvalue weighted by molar-refractivity contribution is 7.63. The predicted octanol–water partition coefficient (Wildman–Crippen LogP) is 1.60. The number of nitrogens with zero attached hydrogens (tertiary/aromatic N) is 3. The molecule has 0 aromatic carbocycles. The third-order valence-electron chi connectivity index (χ3n) is 4.29. The zero-order valence-electron chi connectivity index (χ0n) is 13.5. The molecule has 24 heavy (non-hydrogen) atoms. The molecule has 1 aliphatic heterocycles. The van der Waals surface area contributed by atoms with Crippen molar-refractivity contribution in [3.63, 3.8) is 0 Å². The van der Waals surface area contributed by atoms with Crippen molar-refractivity contribution in [2.24, 2.45) is 0 Å². The Labute approximate surface area is 146 Å². The Morgan fingerprint density at radius 2 is 2.08 bits per heavy atom. The molecule has 0 saturated heterocycles. The van der Waals surface area contributed by atoms with E-state index in [2.05, 4.69) is 16.4 Å².